The van der Waals surface area contributed by atoms with Gasteiger partial charge in [-0.15, -0.1) is 0 Å². The van der Waals surface area contributed by atoms with Gasteiger partial charge in [0.15, 0.2) is 0 Å². The van der Waals surface area contributed by atoms with Gasteiger partial charge in [0.05, 0.1) is 17.7 Å². The molecule has 1 rings (SSSR count). The van der Waals surface area contributed by atoms with Crippen molar-refractivity contribution in [2.75, 3.05) is 12.4 Å². The number of hydrogen-bond donors (Lipinski definition) is 2. The lowest BCUT2D eigenvalue weighted by molar-refractivity contribution is -0.121. The summed E-state index contributed by atoms with van der Waals surface area (Å²) in [7, 11) is -2.62. The van der Waals surface area contributed by atoms with Crippen LogP contribution in [-0.2, 0) is 19.6 Å². The van der Waals surface area contributed by atoms with Crippen LogP contribution >= 0.6 is 0 Å². The first kappa shape index (κ1) is 19.0. The van der Waals surface area contributed by atoms with Gasteiger partial charge >= 0.3 is 0 Å². The maximum absolute atomic E-state index is 12.3. The molecule has 8 heteroatoms. The maximum Gasteiger partial charge on any atom is 0.264 e. The fraction of sp³-hybridized carbons (Fsp3) is 0.467. The lowest BCUT2D eigenvalue weighted by atomic mass is 9.92. The van der Waals surface area contributed by atoms with E-state index < -0.39 is 15.9 Å². The van der Waals surface area contributed by atoms with Crippen LogP contribution in [0.1, 0.15) is 34.1 Å². The first-order valence-corrected chi connectivity index (χ1v) is 8.44. The molecule has 0 bridgehead atoms. The number of carbonyl (C=O) groups is 2. The minimum atomic E-state index is -4.02. The smallest absolute Gasteiger partial charge is 0.264 e. The molecule has 7 nitrogen and oxygen atoms in total. The van der Waals surface area contributed by atoms with Crippen molar-refractivity contribution < 1.29 is 22.7 Å². The summed E-state index contributed by atoms with van der Waals surface area (Å²) in [5.74, 6) is -0.635. The van der Waals surface area contributed by atoms with Gasteiger partial charge < -0.3 is 10.1 Å². The van der Waals surface area contributed by atoms with Crippen LogP contribution in [0.15, 0.2) is 23.1 Å². The van der Waals surface area contributed by atoms with Crippen LogP contribution in [0.4, 0.5) is 5.69 Å². The fourth-order valence-electron chi connectivity index (χ4n) is 1.87. The Hall–Kier alpha value is -2.09. The molecule has 0 heterocycles. The molecule has 1 aromatic carbocycles. The number of methoxy groups -OCH3 is 1. The normalized spacial score (nSPS) is 11.7. The Morgan fingerprint density at radius 2 is 1.83 bits per heavy atom. The van der Waals surface area contributed by atoms with Crippen LogP contribution in [0, 0.1) is 5.41 Å². The summed E-state index contributed by atoms with van der Waals surface area (Å²) in [5.41, 5.74) is -0.118. The summed E-state index contributed by atoms with van der Waals surface area (Å²) >= 11 is 0. The van der Waals surface area contributed by atoms with Crippen molar-refractivity contribution in [3.8, 4) is 5.75 Å². The SMILES string of the molecule is COc1ccc(S(=O)(=O)NC(=O)CC(C)(C)C)cc1NC(C)=O. The minimum Gasteiger partial charge on any atom is -0.495 e. The number of anilines is 1. The standard InChI is InChI=1S/C15H22N2O5S/c1-10(18)16-12-8-11(6-7-13(12)22-5)23(20,21)17-14(19)9-15(2,3)4/h6-8H,9H2,1-5H3,(H,16,18)(H,17,19). The molecule has 0 radical (unpaired) electrons. The highest BCUT2D eigenvalue weighted by atomic mass is 32.2. The second-order valence-corrected chi connectivity index (χ2v) is 7.99. The Balaban J connectivity index is 3.09. The van der Waals surface area contributed by atoms with E-state index in [9.17, 15) is 18.0 Å². The van der Waals surface area contributed by atoms with Crippen molar-refractivity contribution in [2.45, 2.75) is 39.0 Å². The summed E-state index contributed by atoms with van der Waals surface area (Å²) in [6.07, 6.45) is 0.0704. The highest BCUT2D eigenvalue weighted by Crippen LogP contribution is 2.27. The van der Waals surface area contributed by atoms with E-state index in [1.807, 2.05) is 25.5 Å². The number of hydrogen-bond acceptors (Lipinski definition) is 5. The molecule has 0 aromatic heterocycles. The van der Waals surface area contributed by atoms with Crippen molar-refractivity contribution in [3.05, 3.63) is 18.2 Å². The summed E-state index contributed by atoms with van der Waals surface area (Å²) in [5, 5.41) is 2.49. The average molecular weight is 342 g/mol. The zero-order valence-electron chi connectivity index (χ0n) is 13.9. The van der Waals surface area contributed by atoms with Gasteiger partial charge in [-0.2, -0.15) is 0 Å². The third kappa shape index (κ3) is 5.90. The lowest BCUT2D eigenvalue weighted by Gasteiger charge is -2.17. The molecule has 0 saturated heterocycles. The fourth-order valence-corrected chi connectivity index (χ4v) is 2.88. The predicted molar refractivity (Wildman–Crippen MR) is 86.7 cm³/mol. The van der Waals surface area contributed by atoms with Gasteiger partial charge in [0.2, 0.25) is 11.8 Å². The third-order valence-electron chi connectivity index (χ3n) is 2.73. The quantitative estimate of drug-likeness (QED) is 0.851. The molecule has 0 spiro atoms. The molecular formula is C15H22N2O5S. The van der Waals surface area contributed by atoms with Crippen LogP contribution in [0.5, 0.6) is 5.75 Å². The van der Waals surface area contributed by atoms with E-state index in [4.69, 9.17) is 4.74 Å². The van der Waals surface area contributed by atoms with Gasteiger partial charge in [-0.1, -0.05) is 20.8 Å². The summed E-state index contributed by atoms with van der Waals surface area (Å²) in [6, 6.07) is 3.96. The van der Waals surface area contributed by atoms with Crippen LogP contribution < -0.4 is 14.8 Å². The number of carbonyl (C=O) groups excluding carboxylic acids is 2. The van der Waals surface area contributed by atoms with Crippen molar-refractivity contribution >= 4 is 27.5 Å². The molecule has 23 heavy (non-hydrogen) atoms. The molecule has 128 valence electrons. The van der Waals surface area contributed by atoms with Crippen LogP contribution in [0.3, 0.4) is 0 Å². The lowest BCUT2D eigenvalue weighted by Crippen LogP contribution is -2.33. The number of nitrogens with one attached hydrogen (secondary N) is 2. The van der Waals surface area contributed by atoms with E-state index in [1.165, 1.54) is 32.2 Å². The monoisotopic (exact) mass is 342 g/mol. The molecular weight excluding hydrogens is 320 g/mol. The summed E-state index contributed by atoms with van der Waals surface area (Å²) < 4.78 is 31.7. The number of amides is 2. The number of sulfonamides is 1. The number of benzene rings is 1. The zero-order chi connectivity index (χ0) is 17.8. The van der Waals surface area contributed by atoms with E-state index in [1.54, 1.807) is 0 Å². The van der Waals surface area contributed by atoms with E-state index in [0.29, 0.717) is 5.75 Å². The Morgan fingerprint density at radius 3 is 2.30 bits per heavy atom. The Kier molecular flexibility index (Phi) is 5.76. The minimum absolute atomic E-state index is 0.0704. The van der Waals surface area contributed by atoms with E-state index in [2.05, 4.69) is 5.32 Å². The molecule has 0 aliphatic heterocycles. The molecule has 0 aliphatic carbocycles. The van der Waals surface area contributed by atoms with E-state index >= 15 is 0 Å². The van der Waals surface area contributed by atoms with Gasteiger partial charge in [0, 0.05) is 13.3 Å². The highest BCUT2D eigenvalue weighted by molar-refractivity contribution is 7.90. The van der Waals surface area contributed by atoms with Gasteiger partial charge in [-0.05, 0) is 23.6 Å². The molecule has 0 saturated carbocycles. The van der Waals surface area contributed by atoms with Crippen molar-refractivity contribution in [1.29, 1.82) is 0 Å². The molecule has 1 aromatic rings. The third-order valence-corrected chi connectivity index (χ3v) is 4.10. The molecule has 0 fully saturated rings. The first-order valence-electron chi connectivity index (χ1n) is 6.96. The van der Waals surface area contributed by atoms with Crippen molar-refractivity contribution in [2.24, 2.45) is 5.41 Å². The van der Waals surface area contributed by atoms with Crippen LogP contribution in [-0.4, -0.2) is 27.3 Å². The average Bonchev–Trinajstić information content (AvgIpc) is 2.34. The van der Waals surface area contributed by atoms with E-state index in [0.717, 1.165) is 0 Å². The van der Waals surface area contributed by atoms with Gasteiger partial charge in [-0.25, -0.2) is 13.1 Å². The Bertz CT molecular complexity index is 705. The van der Waals surface area contributed by atoms with Crippen LogP contribution in [0.2, 0.25) is 0 Å². The van der Waals surface area contributed by atoms with Crippen LogP contribution in [0.25, 0.3) is 0 Å². The second-order valence-electron chi connectivity index (χ2n) is 6.31. The summed E-state index contributed by atoms with van der Waals surface area (Å²) in [6.45, 7) is 6.80. The highest BCUT2D eigenvalue weighted by Gasteiger charge is 2.23. The summed E-state index contributed by atoms with van der Waals surface area (Å²) in [4.78, 5) is 22.9. The Morgan fingerprint density at radius 1 is 1.22 bits per heavy atom. The zero-order valence-corrected chi connectivity index (χ0v) is 14.7. The van der Waals surface area contributed by atoms with Crippen molar-refractivity contribution in [1.82, 2.24) is 4.72 Å². The topological polar surface area (TPSA) is 102 Å². The predicted octanol–water partition coefficient (Wildman–Crippen LogP) is 1.89. The van der Waals surface area contributed by atoms with Gasteiger partial charge in [-0.3, -0.25) is 9.59 Å². The number of ether oxygens (including phenoxy) is 1. The van der Waals surface area contributed by atoms with Gasteiger partial charge in [0.1, 0.15) is 5.75 Å². The Labute approximate surface area is 136 Å². The number of rotatable bonds is 5. The maximum atomic E-state index is 12.3. The first-order chi connectivity index (χ1) is 10.4. The molecule has 0 atom stereocenters. The largest absolute Gasteiger partial charge is 0.495 e. The molecule has 2 amide bonds. The molecule has 2 N–H and O–H groups in total. The molecule has 0 aliphatic rings. The van der Waals surface area contributed by atoms with E-state index in [-0.39, 0.29) is 28.3 Å². The van der Waals surface area contributed by atoms with Gasteiger partial charge in [0.25, 0.3) is 10.0 Å². The second kappa shape index (κ2) is 6.99. The molecule has 0 unspecified atom stereocenters. The van der Waals surface area contributed by atoms with Crippen molar-refractivity contribution in [3.63, 3.8) is 0 Å².